The van der Waals surface area contributed by atoms with E-state index in [1.807, 2.05) is 36.4 Å². The first kappa shape index (κ1) is 17.8. The molecule has 1 N–H and O–H groups in total. The van der Waals surface area contributed by atoms with E-state index in [4.69, 9.17) is 16.3 Å². The van der Waals surface area contributed by atoms with E-state index < -0.39 is 5.97 Å². The van der Waals surface area contributed by atoms with Crippen LogP contribution in [0.5, 0.6) is 0 Å². The second kappa shape index (κ2) is 7.91. The lowest BCUT2D eigenvalue weighted by atomic mass is 10.1. The quantitative estimate of drug-likeness (QED) is 0.487. The molecule has 0 radical (unpaired) electrons. The first-order chi connectivity index (χ1) is 12.1. The normalized spacial score (nSPS) is 10.6. The van der Waals surface area contributed by atoms with Crippen molar-refractivity contribution < 1.29 is 14.3 Å². The van der Waals surface area contributed by atoms with Crippen molar-refractivity contribution in [2.45, 2.75) is 4.90 Å². The summed E-state index contributed by atoms with van der Waals surface area (Å²) in [5.41, 5.74) is 0.396. The summed E-state index contributed by atoms with van der Waals surface area (Å²) in [4.78, 5) is 25.4. The zero-order valence-electron chi connectivity index (χ0n) is 13.2. The second-order valence-corrected chi connectivity index (χ2v) is 7.62. The summed E-state index contributed by atoms with van der Waals surface area (Å²) in [6, 6.07) is 14.8. The monoisotopic (exact) mass is 391 g/mol. The van der Waals surface area contributed by atoms with Crippen LogP contribution < -0.4 is 5.32 Å². The fourth-order valence-corrected chi connectivity index (χ4v) is 4.21. The van der Waals surface area contributed by atoms with E-state index in [1.54, 1.807) is 12.1 Å². The van der Waals surface area contributed by atoms with Crippen LogP contribution in [0.2, 0.25) is 5.02 Å². The average Bonchev–Trinajstić information content (AvgIpc) is 2.98. The van der Waals surface area contributed by atoms with Gasteiger partial charge in [-0.3, -0.25) is 4.79 Å². The van der Waals surface area contributed by atoms with Crippen LogP contribution in [0, 0.1) is 0 Å². The van der Waals surface area contributed by atoms with Gasteiger partial charge in [0.2, 0.25) is 5.91 Å². The van der Waals surface area contributed by atoms with Crippen molar-refractivity contribution in [3.05, 3.63) is 59.1 Å². The van der Waals surface area contributed by atoms with Crippen LogP contribution in [0.25, 0.3) is 10.1 Å². The number of halogens is 1. The van der Waals surface area contributed by atoms with Gasteiger partial charge in [-0.2, -0.15) is 0 Å². The maximum absolute atomic E-state index is 12.3. The van der Waals surface area contributed by atoms with Gasteiger partial charge in [-0.25, -0.2) is 4.79 Å². The maximum Gasteiger partial charge on any atom is 0.341 e. The van der Waals surface area contributed by atoms with Gasteiger partial charge in [0.05, 0.1) is 12.9 Å². The Labute approximate surface area is 158 Å². The molecule has 7 heteroatoms. The van der Waals surface area contributed by atoms with Crippen molar-refractivity contribution in [3.8, 4) is 0 Å². The van der Waals surface area contributed by atoms with Gasteiger partial charge in [0.25, 0.3) is 0 Å². The summed E-state index contributed by atoms with van der Waals surface area (Å²) in [5, 5.41) is 4.77. The number of amides is 1. The number of fused-ring (bicyclic) bond motifs is 1. The SMILES string of the molecule is COC(=O)c1c(NC(=O)CSc2ccc(Cl)cc2)sc2ccccc12. The molecule has 1 aromatic heterocycles. The van der Waals surface area contributed by atoms with Gasteiger partial charge >= 0.3 is 5.97 Å². The lowest BCUT2D eigenvalue weighted by Crippen LogP contribution is -2.15. The largest absolute Gasteiger partial charge is 0.465 e. The number of hydrogen-bond donors (Lipinski definition) is 1. The van der Waals surface area contributed by atoms with Gasteiger partial charge in [-0.15, -0.1) is 23.1 Å². The van der Waals surface area contributed by atoms with Crippen LogP contribution in [0.1, 0.15) is 10.4 Å². The summed E-state index contributed by atoms with van der Waals surface area (Å²) in [6.45, 7) is 0. The summed E-state index contributed by atoms with van der Waals surface area (Å²) in [5.74, 6) is -0.411. The van der Waals surface area contributed by atoms with Crippen molar-refractivity contribution >= 4 is 61.7 Å². The van der Waals surface area contributed by atoms with E-state index in [-0.39, 0.29) is 11.7 Å². The van der Waals surface area contributed by atoms with E-state index in [2.05, 4.69) is 5.32 Å². The number of hydrogen-bond acceptors (Lipinski definition) is 5. The molecule has 0 spiro atoms. The molecule has 4 nitrogen and oxygen atoms in total. The number of rotatable bonds is 5. The third-order valence-electron chi connectivity index (χ3n) is 3.42. The molecule has 0 saturated carbocycles. The van der Waals surface area contributed by atoms with E-state index in [0.717, 1.165) is 15.0 Å². The lowest BCUT2D eigenvalue weighted by Gasteiger charge is -2.06. The van der Waals surface area contributed by atoms with E-state index >= 15 is 0 Å². The van der Waals surface area contributed by atoms with Crippen LogP contribution >= 0.6 is 34.7 Å². The van der Waals surface area contributed by atoms with Gasteiger partial charge in [0, 0.05) is 20.0 Å². The maximum atomic E-state index is 12.3. The minimum Gasteiger partial charge on any atom is -0.465 e. The Morgan fingerprint density at radius 1 is 1.16 bits per heavy atom. The molecule has 128 valence electrons. The Kier molecular flexibility index (Phi) is 5.63. The van der Waals surface area contributed by atoms with Gasteiger partial charge < -0.3 is 10.1 Å². The number of esters is 1. The lowest BCUT2D eigenvalue weighted by molar-refractivity contribution is -0.113. The van der Waals surface area contributed by atoms with Crippen molar-refractivity contribution in [3.63, 3.8) is 0 Å². The first-order valence-corrected chi connectivity index (χ1v) is 9.54. The molecule has 0 aliphatic carbocycles. The van der Waals surface area contributed by atoms with E-state index in [0.29, 0.717) is 15.6 Å². The topological polar surface area (TPSA) is 55.4 Å². The summed E-state index contributed by atoms with van der Waals surface area (Å²) in [7, 11) is 1.33. The highest BCUT2D eigenvalue weighted by molar-refractivity contribution is 8.00. The Balaban J connectivity index is 1.76. The van der Waals surface area contributed by atoms with Gasteiger partial charge in [-0.05, 0) is 30.3 Å². The number of thiophene rings is 1. The predicted octanol–water partition coefficient (Wildman–Crippen LogP) is 5.07. The Morgan fingerprint density at radius 3 is 2.60 bits per heavy atom. The number of methoxy groups -OCH3 is 1. The minimum atomic E-state index is -0.460. The second-order valence-electron chi connectivity index (χ2n) is 5.08. The van der Waals surface area contributed by atoms with Gasteiger partial charge in [0.1, 0.15) is 10.6 Å². The third-order valence-corrected chi connectivity index (χ3v) is 5.77. The molecule has 3 rings (SSSR count). The summed E-state index contributed by atoms with van der Waals surface area (Å²) >= 11 is 8.61. The zero-order valence-corrected chi connectivity index (χ0v) is 15.6. The van der Waals surface area contributed by atoms with Crippen molar-refractivity contribution in [2.24, 2.45) is 0 Å². The van der Waals surface area contributed by atoms with E-state index in [1.165, 1.54) is 30.2 Å². The van der Waals surface area contributed by atoms with Crippen LogP contribution in [0.4, 0.5) is 5.00 Å². The number of nitrogens with one attached hydrogen (secondary N) is 1. The molecule has 0 aliphatic rings. The number of benzene rings is 2. The van der Waals surface area contributed by atoms with Crippen LogP contribution in [0.3, 0.4) is 0 Å². The molecule has 25 heavy (non-hydrogen) atoms. The predicted molar refractivity (Wildman–Crippen MR) is 104 cm³/mol. The van der Waals surface area contributed by atoms with Crippen LogP contribution in [-0.4, -0.2) is 24.7 Å². The first-order valence-electron chi connectivity index (χ1n) is 7.36. The van der Waals surface area contributed by atoms with Crippen LogP contribution in [0.15, 0.2) is 53.4 Å². The van der Waals surface area contributed by atoms with E-state index in [9.17, 15) is 9.59 Å². The Bertz CT molecular complexity index is 922. The van der Waals surface area contributed by atoms with Crippen molar-refractivity contribution in [1.29, 1.82) is 0 Å². The Hall–Kier alpha value is -2.02. The highest BCUT2D eigenvalue weighted by Crippen LogP contribution is 2.36. The number of carbonyl (C=O) groups is 2. The number of ether oxygens (including phenoxy) is 1. The standard InChI is InChI=1S/C18H14ClNO3S2/c1-23-18(22)16-13-4-2-3-5-14(13)25-17(16)20-15(21)10-24-12-8-6-11(19)7-9-12/h2-9H,10H2,1H3,(H,20,21). The molecular weight excluding hydrogens is 378 g/mol. The average molecular weight is 392 g/mol. The summed E-state index contributed by atoms with van der Waals surface area (Å²) in [6.07, 6.45) is 0. The van der Waals surface area contributed by atoms with Gasteiger partial charge in [-0.1, -0.05) is 29.8 Å². The molecule has 2 aromatic carbocycles. The molecule has 0 unspecified atom stereocenters. The zero-order chi connectivity index (χ0) is 17.8. The van der Waals surface area contributed by atoms with Crippen LogP contribution in [-0.2, 0) is 9.53 Å². The molecule has 0 saturated heterocycles. The molecule has 0 aliphatic heterocycles. The highest BCUT2D eigenvalue weighted by atomic mass is 35.5. The third kappa shape index (κ3) is 4.15. The minimum absolute atomic E-state index is 0.184. The Morgan fingerprint density at radius 2 is 1.88 bits per heavy atom. The number of thioether (sulfide) groups is 1. The molecule has 3 aromatic rings. The molecule has 1 amide bonds. The van der Waals surface area contributed by atoms with Crippen molar-refractivity contribution in [2.75, 3.05) is 18.2 Å². The highest BCUT2D eigenvalue weighted by Gasteiger charge is 2.20. The molecule has 0 fully saturated rings. The van der Waals surface area contributed by atoms with Gasteiger partial charge in [0.15, 0.2) is 0 Å². The summed E-state index contributed by atoms with van der Waals surface area (Å²) < 4.78 is 5.78. The molecule has 0 atom stereocenters. The van der Waals surface area contributed by atoms with Crippen molar-refractivity contribution in [1.82, 2.24) is 0 Å². The fraction of sp³-hybridized carbons (Fsp3) is 0.111. The number of carbonyl (C=O) groups excluding carboxylic acids is 2. The molecule has 1 heterocycles. The molecule has 0 bridgehead atoms. The number of anilines is 1. The molecular formula is C18H14ClNO3S2. The fourth-order valence-electron chi connectivity index (χ4n) is 2.28. The smallest absolute Gasteiger partial charge is 0.341 e.